The number of rotatable bonds is 6. The SMILES string of the molecule is CC(C)Cn1c(SCC(=O)O)nnc1-c1cccc(Cl)c1. The van der Waals surface area contributed by atoms with Crippen molar-refractivity contribution in [2.75, 3.05) is 5.75 Å². The van der Waals surface area contributed by atoms with Crippen molar-refractivity contribution in [1.29, 1.82) is 0 Å². The molecular weight excluding hydrogens is 310 g/mol. The summed E-state index contributed by atoms with van der Waals surface area (Å²) in [6, 6.07) is 7.40. The number of carboxylic acids is 1. The molecule has 2 aromatic rings. The van der Waals surface area contributed by atoms with E-state index in [9.17, 15) is 4.79 Å². The lowest BCUT2D eigenvalue weighted by molar-refractivity contribution is -0.133. The average molecular weight is 326 g/mol. The van der Waals surface area contributed by atoms with Crippen molar-refractivity contribution in [1.82, 2.24) is 14.8 Å². The van der Waals surface area contributed by atoms with E-state index in [0.717, 1.165) is 12.1 Å². The molecule has 1 heterocycles. The van der Waals surface area contributed by atoms with Crippen molar-refractivity contribution in [3.8, 4) is 11.4 Å². The maximum Gasteiger partial charge on any atom is 0.313 e. The molecule has 0 radical (unpaired) electrons. The van der Waals surface area contributed by atoms with Gasteiger partial charge in [-0.3, -0.25) is 4.79 Å². The van der Waals surface area contributed by atoms with Gasteiger partial charge in [-0.1, -0.05) is 49.3 Å². The third-order valence-electron chi connectivity index (χ3n) is 2.67. The summed E-state index contributed by atoms with van der Waals surface area (Å²) in [7, 11) is 0. The van der Waals surface area contributed by atoms with Crippen molar-refractivity contribution in [3.05, 3.63) is 29.3 Å². The van der Waals surface area contributed by atoms with Crippen LogP contribution in [-0.4, -0.2) is 31.6 Å². The van der Waals surface area contributed by atoms with Crippen LogP contribution in [0.4, 0.5) is 0 Å². The summed E-state index contributed by atoms with van der Waals surface area (Å²) in [6.07, 6.45) is 0. The molecule has 5 nitrogen and oxygen atoms in total. The summed E-state index contributed by atoms with van der Waals surface area (Å²) in [5.74, 6) is 0.191. The summed E-state index contributed by atoms with van der Waals surface area (Å²) in [4.78, 5) is 10.7. The highest BCUT2D eigenvalue weighted by Gasteiger charge is 2.16. The van der Waals surface area contributed by atoms with Crippen LogP contribution >= 0.6 is 23.4 Å². The fourth-order valence-corrected chi connectivity index (χ4v) is 2.75. The Kier molecular flexibility index (Phi) is 5.25. The van der Waals surface area contributed by atoms with Gasteiger partial charge in [-0.15, -0.1) is 10.2 Å². The maximum atomic E-state index is 10.7. The maximum absolute atomic E-state index is 10.7. The summed E-state index contributed by atoms with van der Waals surface area (Å²) in [6.45, 7) is 4.90. The van der Waals surface area contributed by atoms with E-state index in [4.69, 9.17) is 16.7 Å². The molecular formula is C14H16ClN3O2S. The first-order chi connectivity index (χ1) is 9.97. The third-order valence-corrected chi connectivity index (χ3v) is 3.86. The van der Waals surface area contributed by atoms with E-state index in [-0.39, 0.29) is 5.75 Å². The highest BCUT2D eigenvalue weighted by molar-refractivity contribution is 7.99. The molecule has 0 amide bonds. The highest BCUT2D eigenvalue weighted by atomic mass is 35.5. The van der Waals surface area contributed by atoms with Crippen molar-refractivity contribution in [2.24, 2.45) is 5.92 Å². The van der Waals surface area contributed by atoms with E-state index in [0.29, 0.717) is 21.9 Å². The predicted octanol–water partition coefficient (Wildman–Crippen LogP) is 3.43. The minimum atomic E-state index is -0.872. The molecule has 0 spiro atoms. The molecule has 0 fully saturated rings. The lowest BCUT2D eigenvalue weighted by Crippen LogP contribution is -2.09. The van der Waals surface area contributed by atoms with Gasteiger partial charge in [-0.2, -0.15) is 0 Å². The van der Waals surface area contributed by atoms with E-state index >= 15 is 0 Å². The third kappa shape index (κ3) is 4.22. The van der Waals surface area contributed by atoms with Crippen LogP contribution in [0.25, 0.3) is 11.4 Å². The fraction of sp³-hybridized carbons (Fsp3) is 0.357. The number of carboxylic acid groups (broad SMARTS) is 1. The van der Waals surface area contributed by atoms with E-state index in [1.807, 2.05) is 22.8 Å². The average Bonchev–Trinajstić information content (AvgIpc) is 2.78. The second kappa shape index (κ2) is 6.95. The topological polar surface area (TPSA) is 68.0 Å². The Morgan fingerprint density at radius 2 is 2.19 bits per heavy atom. The molecule has 1 aromatic heterocycles. The van der Waals surface area contributed by atoms with Gasteiger partial charge in [0, 0.05) is 17.1 Å². The number of halogens is 1. The lowest BCUT2D eigenvalue weighted by Gasteiger charge is -2.12. The first kappa shape index (κ1) is 15.9. The Labute approximate surface area is 132 Å². The van der Waals surface area contributed by atoms with Gasteiger partial charge in [-0.05, 0) is 18.1 Å². The summed E-state index contributed by atoms with van der Waals surface area (Å²) in [5.41, 5.74) is 0.873. The Bertz CT molecular complexity index is 643. The lowest BCUT2D eigenvalue weighted by atomic mass is 10.2. The van der Waals surface area contributed by atoms with Crippen LogP contribution in [0.5, 0.6) is 0 Å². The zero-order valence-corrected chi connectivity index (χ0v) is 13.4. The minimum Gasteiger partial charge on any atom is -0.481 e. The summed E-state index contributed by atoms with van der Waals surface area (Å²) >= 11 is 7.20. The quantitative estimate of drug-likeness (QED) is 0.824. The van der Waals surface area contributed by atoms with Gasteiger partial charge >= 0.3 is 5.97 Å². The van der Waals surface area contributed by atoms with Gasteiger partial charge in [0.2, 0.25) is 0 Å². The van der Waals surface area contributed by atoms with Crippen LogP contribution in [0.1, 0.15) is 13.8 Å². The van der Waals surface area contributed by atoms with Crippen LogP contribution in [0, 0.1) is 5.92 Å². The Morgan fingerprint density at radius 3 is 2.81 bits per heavy atom. The zero-order chi connectivity index (χ0) is 15.4. The number of nitrogens with zero attached hydrogens (tertiary/aromatic N) is 3. The van der Waals surface area contributed by atoms with Crippen LogP contribution < -0.4 is 0 Å². The Morgan fingerprint density at radius 1 is 1.43 bits per heavy atom. The minimum absolute atomic E-state index is 0.0359. The fourth-order valence-electron chi connectivity index (χ4n) is 1.89. The smallest absolute Gasteiger partial charge is 0.313 e. The molecule has 0 aliphatic carbocycles. The molecule has 0 saturated heterocycles. The molecule has 0 atom stereocenters. The van der Waals surface area contributed by atoms with Crippen LogP contribution in [0.3, 0.4) is 0 Å². The van der Waals surface area contributed by atoms with Crippen molar-refractivity contribution < 1.29 is 9.90 Å². The second-order valence-corrected chi connectivity index (χ2v) is 6.38. The van der Waals surface area contributed by atoms with Crippen molar-refractivity contribution in [2.45, 2.75) is 25.5 Å². The Hall–Kier alpha value is -1.53. The molecule has 0 bridgehead atoms. The predicted molar refractivity (Wildman–Crippen MR) is 83.7 cm³/mol. The highest BCUT2D eigenvalue weighted by Crippen LogP contribution is 2.26. The Balaban J connectivity index is 2.38. The van der Waals surface area contributed by atoms with Gasteiger partial charge < -0.3 is 9.67 Å². The van der Waals surface area contributed by atoms with Crippen LogP contribution in [-0.2, 0) is 11.3 Å². The first-order valence-electron chi connectivity index (χ1n) is 6.51. The molecule has 0 aliphatic heterocycles. The van der Waals surface area contributed by atoms with Crippen LogP contribution in [0.15, 0.2) is 29.4 Å². The van der Waals surface area contributed by atoms with Crippen molar-refractivity contribution in [3.63, 3.8) is 0 Å². The molecule has 1 N–H and O–H groups in total. The van der Waals surface area contributed by atoms with E-state index < -0.39 is 5.97 Å². The molecule has 1 aromatic carbocycles. The number of hydrogen-bond acceptors (Lipinski definition) is 4. The standard InChI is InChI=1S/C14H16ClN3O2S/c1-9(2)7-18-13(10-4-3-5-11(15)6-10)16-17-14(18)21-8-12(19)20/h3-6,9H,7-8H2,1-2H3,(H,19,20). The number of benzene rings is 1. The number of thioether (sulfide) groups is 1. The van der Waals surface area contributed by atoms with Gasteiger partial charge in [-0.25, -0.2) is 0 Å². The van der Waals surface area contributed by atoms with Crippen LogP contribution in [0.2, 0.25) is 5.02 Å². The molecule has 21 heavy (non-hydrogen) atoms. The molecule has 7 heteroatoms. The summed E-state index contributed by atoms with van der Waals surface area (Å²) in [5, 5.41) is 18.4. The van der Waals surface area contributed by atoms with Gasteiger partial charge in [0.1, 0.15) is 0 Å². The molecule has 2 rings (SSSR count). The molecule has 0 aliphatic rings. The molecule has 112 valence electrons. The molecule has 0 saturated carbocycles. The van der Waals surface area contributed by atoms with Gasteiger partial charge in [0.25, 0.3) is 0 Å². The van der Waals surface area contributed by atoms with E-state index in [1.54, 1.807) is 6.07 Å². The number of carbonyl (C=O) groups is 1. The van der Waals surface area contributed by atoms with Gasteiger partial charge in [0.15, 0.2) is 11.0 Å². The first-order valence-corrected chi connectivity index (χ1v) is 7.87. The van der Waals surface area contributed by atoms with Crippen molar-refractivity contribution >= 4 is 29.3 Å². The zero-order valence-electron chi connectivity index (χ0n) is 11.8. The van der Waals surface area contributed by atoms with Gasteiger partial charge in [0.05, 0.1) is 5.75 Å². The second-order valence-electron chi connectivity index (χ2n) is 5.00. The largest absolute Gasteiger partial charge is 0.481 e. The number of aromatic nitrogens is 3. The normalized spacial score (nSPS) is 11.0. The summed E-state index contributed by atoms with van der Waals surface area (Å²) < 4.78 is 1.95. The number of hydrogen-bond donors (Lipinski definition) is 1. The molecule has 0 unspecified atom stereocenters. The monoisotopic (exact) mass is 325 g/mol. The number of aliphatic carboxylic acids is 1. The van der Waals surface area contributed by atoms with E-state index in [2.05, 4.69) is 24.0 Å². The van der Waals surface area contributed by atoms with E-state index in [1.165, 1.54) is 11.8 Å².